The van der Waals surface area contributed by atoms with E-state index in [1.54, 1.807) is 19.1 Å². The number of morpholine rings is 1. The molecule has 0 bridgehead atoms. The Kier molecular flexibility index (Phi) is 7.09. The minimum Gasteiger partial charge on any atom is -0.503 e. The van der Waals surface area contributed by atoms with E-state index in [4.69, 9.17) is 9.47 Å². The molecule has 226 valence electrons. The Labute approximate surface area is 262 Å². The Morgan fingerprint density at radius 3 is 2.39 bits per heavy atom. The van der Waals surface area contributed by atoms with Crippen molar-refractivity contribution < 1.29 is 33.8 Å². The number of fused-ring (bicyclic) bond motifs is 3. The summed E-state index contributed by atoms with van der Waals surface area (Å²) in [5, 5.41) is 10.5. The highest BCUT2D eigenvalue weighted by molar-refractivity contribution is 9.10. The van der Waals surface area contributed by atoms with Crippen molar-refractivity contribution in [1.29, 1.82) is 0 Å². The smallest absolute Gasteiger partial charge is 0.238 e. The summed E-state index contributed by atoms with van der Waals surface area (Å²) >= 11 is 3.40. The number of halogens is 1. The molecule has 2 aromatic rings. The minimum atomic E-state index is -0.671. The van der Waals surface area contributed by atoms with Gasteiger partial charge in [0, 0.05) is 41.4 Å². The topological polar surface area (TPSA) is 113 Å². The van der Waals surface area contributed by atoms with Crippen molar-refractivity contribution in [3.63, 3.8) is 0 Å². The van der Waals surface area contributed by atoms with Gasteiger partial charge in [0.25, 0.3) is 0 Å². The summed E-state index contributed by atoms with van der Waals surface area (Å²) < 4.78 is 11.2. The van der Waals surface area contributed by atoms with Crippen LogP contribution in [0, 0.1) is 17.8 Å². The standard InChI is InChI=1S/C34H31BrN2O7/c1-17-13-26(38)24-16-23-21(28(30(24)31(17)39)18-14-25(35)32(40)27(15-18)43-2)7-8-22-29(23)34(42)37(33(22)41)20-5-3-19(4-6-20)36-9-11-44-12-10-36/h3-7,13-15,22-23,28-29,40H,8-12,16H2,1-2H3. The van der Waals surface area contributed by atoms with Crippen LogP contribution < -0.4 is 14.5 Å². The lowest BCUT2D eigenvalue weighted by Crippen LogP contribution is -2.39. The zero-order valence-electron chi connectivity index (χ0n) is 24.3. The highest BCUT2D eigenvalue weighted by atomic mass is 79.9. The average molecular weight is 660 g/mol. The lowest BCUT2D eigenvalue weighted by atomic mass is 9.59. The Balaban J connectivity index is 1.28. The predicted octanol–water partition coefficient (Wildman–Crippen LogP) is 4.63. The Bertz CT molecular complexity index is 1720. The van der Waals surface area contributed by atoms with Crippen LogP contribution in [0.5, 0.6) is 11.5 Å². The predicted molar refractivity (Wildman–Crippen MR) is 166 cm³/mol. The molecule has 2 fully saturated rings. The molecule has 0 radical (unpaired) electrons. The van der Waals surface area contributed by atoms with E-state index in [2.05, 4.69) is 20.8 Å². The third-order valence-electron chi connectivity index (χ3n) is 9.65. The van der Waals surface area contributed by atoms with Gasteiger partial charge in [-0.25, -0.2) is 0 Å². The summed E-state index contributed by atoms with van der Waals surface area (Å²) in [6, 6.07) is 10.9. The van der Waals surface area contributed by atoms with Gasteiger partial charge >= 0.3 is 0 Å². The number of amides is 2. The monoisotopic (exact) mass is 658 g/mol. The van der Waals surface area contributed by atoms with E-state index in [0.29, 0.717) is 52.1 Å². The van der Waals surface area contributed by atoms with Gasteiger partial charge in [0.2, 0.25) is 11.8 Å². The van der Waals surface area contributed by atoms with Gasteiger partial charge in [-0.2, -0.15) is 0 Å². The minimum absolute atomic E-state index is 0.0792. The van der Waals surface area contributed by atoms with E-state index in [-0.39, 0.29) is 41.3 Å². The second-order valence-corrected chi connectivity index (χ2v) is 12.8. The number of aromatic hydroxyl groups is 1. The number of hydrogen-bond donors (Lipinski definition) is 1. The van der Waals surface area contributed by atoms with Crippen LogP contribution in [0.2, 0.25) is 0 Å². The first-order chi connectivity index (χ1) is 21.2. The molecule has 44 heavy (non-hydrogen) atoms. The molecule has 2 amide bonds. The number of phenols is 1. The number of hydrogen-bond acceptors (Lipinski definition) is 8. The van der Waals surface area contributed by atoms with Crippen molar-refractivity contribution in [3.8, 4) is 11.5 Å². The first-order valence-electron chi connectivity index (χ1n) is 14.8. The molecule has 5 aliphatic rings. The second-order valence-electron chi connectivity index (χ2n) is 11.9. The van der Waals surface area contributed by atoms with Gasteiger partial charge < -0.3 is 19.5 Å². The Morgan fingerprint density at radius 1 is 0.977 bits per heavy atom. The lowest BCUT2D eigenvalue weighted by molar-refractivity contribution is -0.123. The number of allylic oxidation sites excluding steroid dienone is 6. The van der Waals surface area contributed by atoms with Crippen LogP contribution in [0.25, 0.3) is 0 Å². The summed E-state index contributed by atoms with van der Waals surface area (Å²) in [4.78, 5) is 58.6. The van der Waals surface area contributed by atoms with Crippen LogP contribution in [-0.4, -0.2) is 61.9 Å². The molecule has 0 saturated carbocycles. The van der Waals surface area contributed by atoms with Gasteiger partial charge in [-0.15, -0.1) is 0 Å². The maximum Gasteiger partial charge on any atom is 0.238 e. The molecule has 10 heteroatoms. The molecular formula is C34H31BrN2O7. The zero-order valence-corrected chi connectivity index (χ0v) is 25.9. The number of anilines is 2. The normalized spacial score (nSPS) is 26.7. The van der Waals surface area contributed by atoms with E-state index in [1.165, 1.54) is 18.1 Å². The Hall–Kier alpha value is -4.02. The van der Waals surface area contributed by atoms with Gasteiger partial charge in [0.15, 0.2) is 23.1 Å². The number of rotatable bonds is 4. The zero-order chi connectivity index (χ0) is 30.9. The molecule has 1 N–H and O–H groups in total. The highest BCUT2D eigenvalue weighted by Crippen LogP contribution is 2.56. The van der Waals surface area contributed by atoms with Gasteiger partial charge in [-0.05, 0) is 89.7 Å². The van der Waals surface area contributed by atoms with Crippen molar-refractivity contribution in [2.75, 3.05) is 43.2 Å². The molecule has 4 atom stereocenters. The molecule has 4 unspecified atom stereocenters. The van der Waals surface area contributed by atoms with Crippen LogP contribution >= 0.6 is 15.9 Å². The van der Waals surface area contributed by atoms with E-state index in [9.17, 15) is 24.3 Å². The van der Waals surface area contributed by atoms with Crippen LogP contribution in [0.3, 0.4) is 0 Å². The second kappa shape index (κ2) is 10.9. The van der Waals surface area contributed by atoms with Crippen molar-refractivity contribution in [1.82, 2.24) is 0 Å². The molecule has 0 spiro atoms. The number of ether oxygens (including phenoxy) is 2. The Morgan fingerprint density at radius 2 is 1.68 bits per heavy atom. The van der Waals surface area contributed by atoms with Crippen molar-refractivity contribution >= 4 is 50.7 Å². The maximum atomic E-state index is 14.2. The molecular weight excluding hydrogens is 628 g/mol. The fourth-order valence-electron chi connectivity index (χ4n) is 7.55. The van der Waals surface area contributed by atoms with E-state index in [1.807, 2.05) is 30.3 Å². The van der Waals surface area contributed by atoms with Crippen molar-refractivity contribution in [2.45, 2.75) is 25.7 Å². The quantitative estimate of drug-likeness (QED) is 0.287. The molecule has 0 aromatic heterocycles. The SMILES string of the molecule is COc1cc(C2C3=CCC4C(=O)N(c5ccc(N6CCOCC6)cc5)C(=O)C4C3CC3=C2C(=O)C(C)=CC3=O)cc(Br)c1O. The molecule has 2 aromatic carbocycles. The summed E-state index contributed by atoms with van der Waals surface area (Å²) in [5.41, 5.74) is 4.15. The highest BCUT2D eigenvalue weighted by Gasteiger charge is 2.56. The number of carbonyl (C=O) groups excluding carboxylic acids is 4. The number of nitrogens with zero attached hydrogens (tertiary/aromatic N) is 2. The first kappa shape index (κ1) is 28.7. The average Bonchev–Trinajstić information content (AvgIpc) is 3.30. The van der Waals surface area contributed by atoms with Gasteiger partial charge in [-0.3, -0.25) is 24.1 Å². The molecule has 2 saturated heterocycles. The first-order valence-corrected chi connectivity index (χ1v) is 15.6. The number of phenolic OH excluding ortho intramolecular Hbond substituents is 1. The third-order valence-corrected chi connectivity index (χ3v) is 10.3. The van der Waals surface area contributed by atoms with Gasteiger partial charge in [0.05, 0.1) is 42.3 Å². The number of carbonyl (C=O) groups is 4. The van der Waals surface area contributed by atoms with Crippen LogP contribution in [0.15, 0.2) is 75.3 Å². The summed E-state index contributed by atoms with van der Waals surface area (Å²) in [6.45, 7) is 4.50. The summed E-state index contributed by atoms with van der Waals surface area (Å²) in [5.74, 6) is -3.19. The van der Waals surface area contributed by atoms with Gasteiger partial charge in [0.1, 0.15) is 0 Å². The molecule has 7 rings (SSSR count). The largest absolute Gasteiger partial charge is 0.503 e. The van der Waals surface area contributed by atoms with Crippen LogP contribution in [0.4, 0.5) is 11.4 Å². The van der Waals surface area contributed by atoms with Gasteiger partial charge in [-0.1, -0.05) is 11.6 Å². The fourth-order valence-corrected chi connectivity index (χ4v) is 8.01. The van der Waals surface area contributed by atoms with E-state index >= 15 is 0 Å². The number of imide groups is 1. The lowest BCUT2D eigenvalue weighted by Gasteiger charge is -2.42. The molecule has 3 aliphatic carbocycles. The van der Waals surface area contributed by atoms with Crippen molar-refractivity contribution in [3.05, 3.63) is 80.9 Å². The van der Waals surface area contributed by atoms with E-state index in [0.717, 1.165) is 24.4 Å². The number of benzene rings is 2. The maximum absolute atomic E-state index is 14.2. The van der Waals surface area contributed by atoms with Crippen LogP contribution in [0.1, 0.15) is 31.2 Å². The third kappa shape index (κ3) is 4.37. The van der Waals surface area contributed by atoms with E-state index < -0.39 is 23.7 Å². The molecule has 2 heterocycles. The summed E-state index contributed by atoms with van der Waals surface area (Å²) in [6.07, 6.45) is 3.89. The number of ketones is 2. The number of Topliss-reactive ketones (excluding diaryl/α,β-unsaturated/α-hetero) is 1. The van der Waals surface area contributed by atoms with Crippen molar-refractivity contribution in [2.24, 2.45) is 17.8 Å². The molecule has 9 nitrogen and oxygen atoms in total. The van der Waals surface area contributed by atoms with Crippen LogP contribution in [-0.2, 0) is 23.9 Å². The fraction of sp³-hybridized carbons (Fsp3) is 0.353. The number of methoxy groups -OCH3 is 1. The molecule has 2 aliphatic heterocycles. The summed E-state index contributed by atoms with van der Waals surface area (Å²) in [7, 11) is 1.44.